The molecule has 8 aromatic rings. The number of hydrogen-bond donors (Lipinski definition) is 0. The van der Waals surface area contributed by atoms with Crippen LogP contribution >= 0.6 is 11.3 Å². The van der Waals surface area contributed by atoms with Gasteiger partial charge in [0.2, 0.25) is 0 Å². The lowest BCUT2D eigenvalue weighted by molar-refractivity contribution is 1.36. The van der Waals surface area contributed by atoms with Crippen molar-refractivity contribution in [2.75, 3.05) is 0 Å². The lowest BCUT2D eigenvalue weighted by Crippen LogP contribution is -1.83. The number of nitrogens with zero attached hydrogens (tertiary/aromatic N) is 3. The van der Waals surface area contributed by atoms with Crippen LogP contribution in [-0.4, -0.2) is 4.40 Å². The molecule has 0 unspecified atom stereocenters. The third kappa shape index (κ3) is 2.44. The van der Waals surface area contributed by atoms with Crippen LogP contribution in [0.25, 0.3) is 69.4 Å². The van der Waals surface area contributed by atoms with E-state index in [1.807, 2.05) is 35.6 Å². The number of hydrogen-bond acceptors (Lipinski definition) is 3. The Kier molecular flexibility index (Phi) is 3.68. The van der Waals surface area contributed by atoms with Crippen LogP contribution in [0.15, 0.2) is 91.0 Å². The first-order valence-corrected chi connectivity index (χ1v) is 12.5. The fourth-order valence-corrected chi connectivity index (χ4v) is 6.90. The van der Waals surface area contributed by atoms with Gasteiger partial charge in [-0.05, 0) is 59.7 Å². The second-order valence-corrected chi connectivity index (χ2v) is 10.3. The minimum Gasteiger partial charge on any atom is -0.308 e. The first-order valence-electron chi connectivity index (χ1n) is 11.7. The molecule has 0 aliphatic carbocycles. The quantitative estimate of drug-likeness (QED) is 0.240. The van der Waals surface area contributed by atoms with Crippen molar-refractivity contribution in [2.24, 2.45) is 0 Å². The first-order chi connectivity index (χ1) is 17.7. The molecule has 8 rings (SSSR count). The lowest BCUT2D eigenvalue weighted by Gasteiger charge is -2.05. The van der Waals surface area contributed by atoms with Crippen molar-refractivity contribution in [3.8, 4) is 23.3 Å². The van der Waals surface area contributed by atoms with Crippen molar-refractivity contribution in [3.05, 3.63) is 102 Å². The Hall–Kier alpha value is -4.90. The predicted octanol–water partition coefficient (Wildman–Crippen LogP) is 8.61. The van der Waals surface area contributed by atoms with Crippen LogP contribution in [0.3, 0.4) is 0 Å². The zero-order valence-electron chi connectivity index (χ0n) is 18.9. The molecule has 164 valence electrons. The van der Waals surface area contributed by atoms with E-state index in [-0.39, 0.29) is 0 Å². The monoisotopic (exact) mass is 473 g/mol. The van der Waals surface area contributed by atoms with Gasteiger partial charge < -0.3 is 4.40 Å². The topological polar surface area (TPSA) is 52.0 Å². The summed E-state index contributed by atoms with van der Waals surface area (Å²) in [5, 5.41) is 26.3. The molecule has 0 radical (unpaired) electrons. The van der Waals surface area contributed by atoms with Crippen molar-refractivity contribution in [3.63, 3.8) is 0 Å². The van der Waals surface area contributed by atoms with Crippen molar-refractivity contribution in [2.45, 2.75) is 0 Å². The molecule has 3 nitrogen and oxygen atoms in total. The number of nitriles is 2. The van der Waals surface area contributed by atoms with Crippen molar-refractivity contribution < 1.29 is 0 Å². The summed E-state index contributed by atoms with van der Waals surface area (Å²) in [6, 6.07) is 36.2. The van der Waals surface area contributed by atoms with Gasteiger partial charge in [-0.1, -0.05) is 42.5 Å². The van der Waals surface area contributed by atoms with Crippen LogP contribution in [-0.2, 0) is 0 Å². The summed E-state index contributed by atoms with van der Waals surface area (Å²) in [6.45, 7) is 0. The van der Waals surface area contributed by atoms with E-state index in [9.17, 15) is 10.5 Å². The van der Waals surface area contributed by atoms with E-state index in [1.54, 1.807) is 0 Å². The standard InChI is InChI=1S/C32H15N3S/c33-16-18-5-8-22-26-13-21(20-7-10-25-24-3-1-2-4-30(24)36-31(25)15-20)14-27-23-9-6-19(17-34)12-29(23)35(32(26)27)28(22)11-18/h1-15H. The first kappa shape index (κ1) is 19.4. The van der Waals surface area contributed by atoms with E-state index in [1.165, 1.54) is 25.7 Å². The van der Waals surface area contributed by atoms with Gasteiger partial charge in [-0.25, -0.2) is 0 Å². The summed E-state index contributed by atoms with van der Waals surface area (Å²) in [5.41, 5.74) is 6.73. The summed E-state index contributed by atoms with van der Waals surface area (Å²) >= 11 is 1.83. The van der Waals surface area contributed by atoms with Gasteiger partial charge in [-0.2, -0.15) is 10.5 Å². The van der Waals surface area contributed by atoms with Gasteiger partial charge >= 0.3 is 0 Å². The maximum absolute atomic E-state index is 9.56. The normalized spacial score (nSPS) is 11.8. The second-order valence-electron chi connectivity index (χ2n) is 9.25. The Morgan fingerprint density at radius 2 is 1.14 bits per heavy atom. The van der Waals surface area contributed by atoms with Crippen molar-refractivity contribution in [1.82, 2.24) is 4.40 Å². The van der Waals surface area contributed by atoms with E-state index in [0.29, 0.717) is 11.1 Å². The zero-order valence-corrected chi connectivity index (χ0v) is 19.7. The van der Waals surface area contributed by atoms with Gasteiger partial charge in [0.1, 0.15) is 0 Å². The van der Waals surface area contributed by atoms with Crippen LogP contribution in [0, 0.1) is 22.7 Å². The average Bonchev–Trinajstić information content (AvgIpc) is 3.57. The van der Waals surface area contributed by atoms with E-state index in [4.69, 9.17) is 0 Å². The fraction of sp³-hybridized carbons (Fsp3) is 0. The highest BCUT2D eigenvalue weighted by Gasteiger charge is 2.20. The summed E-state index contributed by atoms with van der Waals surface area (Å²) in [6.07, 6.45) is 0. The average molecular weight is 474 g/mol. The summed E-state index contributed by atoms with van der Waals surface area (Å²) in [5.74, 6) is 0. The van der Waals surface area contributed by atoms with Crippen molar-refractivity contribution in [1.29, 1.82) is 10.5 Å². The second kappa shape index (κ2) is 6.83. The zero-order chi connectivity index (χ0) is 24.0. The van der Waals surface area contributed by atoms with Gasteiger partial charge in [-0.15, -0.1) is 11.3 Å². The highest BCUT2D eigenvalue weighted by molar-refractivity contribution is 7.25. The fourth-order valence-electron chi connectivity index (χ4n) is 5.76. The molecule has 36 heavy (non-hydrogen) atoms. The van der Waals surface area contributed by atoms with E-state index >= 15 is 0 Å². The van der Waals surface area contributed by atoms with Gasteiger partial charge in [-0.3, -0.25) is 0 Å². The molecule has 5 aromatic carbocycles. The van der Waals surface area contributed by atoms with Gasteiger partial charge in [0, 0.05) is 41.7 Å². The Bertz CT molecular complexity index is 2180. The van der Waals surface area contributed by atoms with Crippen LogP contribution in [0.5, 0.6) is 0 Å². The summed E-state index contributed by atoms with van der Waals surface area (Å²) in [7, 11) is 0. The van der Waals surface area contributed by atoms with Crippen LogP contribution in [0.4, 0.5) is 0 Å². The minimum atomic E-state index is 0.628. The summed E-state index contributed by atoms with van der Waals surface area (Å²) < 4.78 is 4.80. The maximum atomic E-state index is 9.56. The molecule has 0 amide bonds. The van der Waals surface area contributed by atoms with E-state index in [0.717, 1.165) is 43.7 Å². The highest BCUT2D eigenvalue weighted by Crippen LogP contribution is 2.43. The molecule has 3 aromatic heterocycles. The molecule has 0 aliphatic heterocycles. The third-order valence-corrected chi connectivity index (χ3v) is 8.50. The highest BCUT2D eigenvalue weighted by atomic mass is 32.1. The van der Waals surface area contributed by atoms with E-state index in [2.05, 4.69) is 83.3 Å². The van der Waals surface area contributed by atoms with E-state index < -0.39 is 0 Å². The molecule has 0 saturated heterocycles. The molecule has 0 spiro atoms. The number of thiophene rings is 1. The number of benzene rings is 5. The molecular formula is C32H15N3S. The number of rotatable bonds is 1. The maximum Gasteiger partial charge on any atom is 0.0992 e. The van der Waals surface area contributed by atoms with Gasteiger partial charge in [0.25, 0.3) is 0 Å². The molecule has 0 bridgehead atoms. The van der Waals surface area contributed by atoms with Crippen LogP contribution in [0.2, 0.25) is 0 Å². The minimum absolute atomic E-state index is 0.628. The largest absolute Gasteiger partial charge is 0.308 e. The molecule has 0 fully saturated rings. The van der Waals surface area contributed by atoms with Crippen molar-refractivity contribution >= 4 is 69.6 Å². The molecule has 0 saturated carbocycles. The van der Waals surface area contributed by atoms with Gasteiger partial charge in [0.05, 0.1) is 39.8 Å². The Morgan fingerprint density at radius 1 is 0.528 bits per heavy atom. The Labute approximate surface area is 209 Å². The molecule has 0 N–H and O–H groups in total. The van der Waals surface area contributed by atoms with Crippen LogP contribution in [0.1, 0.15) is 11.1 Å². The Morgan fingerprint density at radius 3 is 1.81 bits per heavy atom. The predicted molar refractivity (Wildman–Crippen MR) is 149 cm³/mol. The smallest absolute Gasteiger partial charge is 0.0992 e. The molecule has 0 aliphatic rings. The molecule has 3 heterocycles. The molecular weight excluding hydrogens is 458 g/mol. The number of aromatic nitrogens is 1. The SMILES string of the molecule is N#Cc1ccc2c3cc(-c4ccc5c(c4)sc4ccccc45)cc4c5ccc(C#N)cc5n(c2c1)c34. The molecule has 0 atom stereocenters. The number of fused-ring (bicyclic) bond motifs is 9. The van der Waals surface area contributed by atoms with Crippen LogP contribution < -0.4 is 0 Å². The van der Waals surface area contributed by atoms with Gasteiger partial charge in [0.15, 0.2) is 0 Å². The summed E-state index contributed by atoms with van der Waals surface area (Å²) in [4.78, 5) is 0. The molecule has 4 heteroatoms. The Balaban J connectivity index is 1.50. The third-order valence-electron chi connectivity index (χ3n) is 7.36. The lowest BCUT2D eigenvalue weighted by atomic mass is 9.98.